The number of rotatable bonds is 5. The average Bonchev–Trinajstić information content (AvgIpc) is 2.72. The molecule has 0 spiro atoms. The Bertz CT molecular complexity index is 566. The predicted octanol–water partition coefficient (Wildman–Crippen LogP) is 3.28. The van der Waals surface area contributed by atoms with Gasteiger partial charge >= 0.3 is 0 Å². The summed E-state index contributed by atoms with van der Waals surface area (Å²) >= 11 is 6.32. The highest BCUT2D eigenvalue weighted by atomic mass is 35.5. The Balaban J connectivity index is 2.17. The Morgan fingerprint density at radius 2 is 2.16 bits per heavy atom. The van der Waals surface area contributed by atoms with Gasteiger partial charge in [-0.25, -0.2) is 0 Å². The van der Waals surface area contributed by atoms with Crippen molar-refractivity contribution in [3.05, 3.63) is 40.7 Å². The van der Waals surface area contributed by atoms with Crippen molar-refractivity contribution in [3.8, 4) is 5.75 Å². The minimum Gasteiger partial charge on any atom is -0.487 e. The van der Waals surface area contributed by atoms with Crippen molar-refractivity contribution >= 4 is 17.3 Å². The molecule has 4 nitrogen and oxygen atoms in total. The van der Waals surface area contributed by atoms with Gasteiger partial charge in [-0.3, -0.25) is 4.68 Å². The Hall–Kier alpha value is -1.68. The molecule has 0 fully saturated rings. The molecule has 1 heterocycles. The van der Waals surface area contributed by atoms with Crippen molar-refractivity contribution < 1.29 is 4.74 Å². The lowest BCUT2D eigenvalue weighted by Crippen LogP contribution is -2.06. The molecule has 0 radical (unpaired) electrons. The number of nitrogens with two attached hydrogens (primary N) is 1. The zero-order valence-electron chi connectivity index (χ0n) is 11.2. The molecule has 0 aliphatic carbocycles. The molecule has 0 amide bonds. The quantitative estimate of drug-likeness (QED) is 0.855. The molecule has 2 aromatic rings. The fourth-order valence-corrected chi connectivity index (χ4v) is 2.23. The third kappa shape index (κ3) is 3.01. The molecule has 2 N–H and O–H groups in total. The zero-order valence-corrected chi connectivity index (χ0v) is 11.9. The van der Waals surface area contributed by atoms with E-state index >= 15 is 0 Å². The van der Waals surface area contributed by atoms with Gasteiger partial charge in [0.05, 0.1) is 16.4 Å². The standard InChI is InChI=1S/C14H18ClN3O/c1-3-12-14(15)13(18(4-2)17-12)9-19-11-7-5-6-10(16)8-11/h5-8H,3-4,9,16H2,1-2H3. The van der Waals surface area contributed by atoms with E-state index in [1.54, 1.807) is 6.07 Å². The first kappa shape index (κ1) is 13.7. The van der Waals surface area contributed by atoms with E-state index in [1.807, 2.05) is 36.7 Å². The van der Waals surface area contributed by atoms with Crippen LogP contribution in [0.15, 0.2) is 24.3 Å². The van der Waals surface area contributed by atoms with Crippen LogP contribution in [0, 0.1) is 0 Å². The summed E-state index contributed by atoms with van der Waals surface area (Å²) in [7, 11) is 0. The first-order valence-corrected chi connectivity index (χ1v) is 6.75. The number of nitrogens with zero attached hydrogens (tertiary/aromatic N) is 2. The van der Waals surface area contributed by atoms with Crippen molar-refractivity contribution in [3.63, 3.8) is 0 Å². The highest BCUT2D eigenvalue weighted by molar-refractivity contribution is 6.31. The SMILES string of the molecule is CCc1nn(CC)c(COc2cccc(N)c2)c1Cl. The highest BCUT2D eigenvalue weighted by Gasteiger charge is 2.14. The average molecular weight is 280 g/mol. The van der Waals surface area contributed by atoms with Gasteiger partial charge in [0, 0.05) is 18.3 Å². The van der Waals surface area contributed by atoms with Gasteiger partial charge in [0.15, 0.2) is 0 Å². The summed E-state index contributed by atoms with van der Waals surface area (Å²) in [4.78, 5) is 0. The zero-order chi connectivity index (χ0) is 13.8. The molecule has 5 heteroatoms. The second kappa shape index (κ2) is 5.97. The van der Waals surface area contributed by atoms with Gasteiger partial charge in [-0.2, -0.15) is 5.10 Å². The Labute approximate surface area is 118 Å². The van der Waals surface area contributed by atoms with E-state index in [-0.39, 0.29) is 0 Å². The van der Waals surface area contributed by atoms with E-state index in [2.05, 4.69) is 5.10 Å². The summed E-state index contributed by atoms with van der Waals surface area (Å²) < 4.78 is 7.61. The molecule has 0 bridgehead atoms. The van der Waals surface area contributed by atoms with Crippen LogP contribution in [0.3, 0.4) is 0 Å². The molecule has 102 valence electrons. The lowest BCUT2D eigenvalue weighted by atomic mass is 10.3. The molecule has 2 rings (SSSR count). The van der Waals surface area contributed by atoms with Crippen molar-refractivity contribution in [2.45, 2.75) is 33.4 Å². The van der Waals surface area contributed by atoms with E-state index in [0.29, 0.717) is 17.3 Å². The third-order valence-electron chi connectivity index (χ3n) is 2.93. The maximum Gasteiger partial charge on any atom is 0.131 e. The van der Waals surface area contributed by atoms with Crippen molar-refractivity contribution in [1.29, 1.82) is 0 Å². The highest BCUT2D eigenvalue weighted by Crippen LogP contribution is 2.24. The lowest BCUT2D eigenvalue weighted by molar-refractivity contribution is 0.292. The molecule has 19 heavy (non-hydrogen) atoms. The minimum absolute atomic E-state index is 0.392. The van der Waals surface area contributed by atoms with Crippen LogP contribution in [0.5, 0.6) is 5.75 Å². The summed E-state index contributed by atoms with van der Waals surface area (Å²) in [5.41, 5.74) is 8.22. The normalized spacial score (nSPS) is 10.7. The molecular weight excluding hydrogens is 262 g/mol. The van der Waals surface area contributed by atoms with Gasteiger partial charge in [-0.15, -0.1) is 0 Å². The second-order valence-electron chi connectivity index (χ2n) is 4.24. The molecule has 0 aliphatic heterocycles. The Morgan fingerprint density at radius 1 is 1.37 bits per heavy atom. The molecule has 1 aromatic heterocycles. The maximum absolute atomic E-state index is 6.32. The number of benzene rings is 1. The van der Waals surface area contributed by atoms with Crippen LogP contribution in [0.2, 0.25) is 5.02 Å². The third-order valence-corrected chi connectivity index (χ3v) is 3.36. The van der Waals surface area contributed by atoms with E-state index < -0.39 is 0 Å². The lowest BCUT2D eigenvalue weighted by Gasteiger charge is -2.08. The number of ether oxygens (including phenoxy) is 1. The summed E-state index contributed by atoms with van der Waals surface area (Å²) in [5.74, 6) is 0.734. The predicted molar refractivity (Wildman–Crippen MR) is 77.5 cm³/mol. The summed E-state index contributed by atoms with van der Waals surface area (Å²) in [6.07, 6.45) is 0.817. The monoisotopic (exact) mass is 279 g/mol. The van der Waals surface area contributed by atoms with Gasteiger partial charge < -0.3 is 10.5 Å². The number of hydrogen-bond donors (Lipinski definition) is 1. The Morgan fingerprint density at radius 3 is 2.79 bits per heavy atom. The van der Waals surface area contributed by atoms with Gasteiger partial charge in [0.1, 0.15) is 12.4 Å². The van der Waals surface area contributed by atoms with Crippen molar-refractivity contribution in [2.24, 2.45) is 0 Å². The number of hydrogen-bond acceptors (Lipinski definition) is 3. The number of anilines is 1. The van der Waals surface area contributed by atoms with Crippen LogP contribution in [-0.2, 0) is 19.6 Å². The van der Waals surface area contributed by atoms with E-state index in [1.165, 1.54) is 0 Å². The first-order valence-electron chi connectivity index (χ1n) is 6.38. The molecule has 1 aromatic carbocycles. The summed E-state index contributed by atoms with van der Waals surface area (Å²) in [5, 5.41) is 5.16. The van der Waals surface area contributed by atoms with Gasteiger partial charge in [0.2, 0.25) is 0 Å². The fraction of sp³-hybridized carbons (Fsp3) is 0.357. The smallest absolute Gasteiger partial charge is 0.131 e. The van der Waals surface area contributed by atoms with Gasteiger partial charge in [-0.1, -0.05) is 24.6 Å². The van der Waals surface area contributed by atoms with Crippen LogP contribution >= 0.6 is 11.6 Å². The van der Waals surface area contributed by atoms with Crippen LogP contribution in [0.25, 0.3) is 0 Å². The van der Waals surface area contributed by atoms with E-state index in [0.717, 1.165) is 30.1 Å². The van der Waals surface area contributed by atoms with Crippen molar-refractivity contribution in [1.82, 2.24) is 9.78 Å². The number of aryl methyl sites for hydroxylation is 2. The molecule has 0 atom stereocenters. The van der Waals surface area contributed by atoms with Crippen LogP contribution < -0.4 is 10.5 Å². The molecule has 0 saturated heterocycles. The topological polar surface area (TPSA) is 53.1 Å². The minimum atomic E-state index is 0.392. The molecule has 0 saturated carbocycles. The second-order valence-corrected chi connectivity index (χ2v) is 4.62. The van der Waals surface area contributed by atoms with Crippen LogP contribution in [0.1, 0.15) is 25.2 Å². The number of aromatic nitrogens is 2. The Kier molecular flexibility index (Phi) is 4.32. The van der Waals surface area contributed by atoms with Crippen LogP contribution in [0.4, 0.5) is 5.69 Å². The van der Waals surface area contributed by atoms with Crippen LogP contribution in [-0.4, -0.2) is 9.78 Å². The first-order chi connectivity index (χ1) is 9.15. The fourth-order valence-electron chi connectivity index (χ4n) is 1.91. The van der Waals surface area contributed by atoms with E-state index in [9.17, 15) is 0 Å². The van der Waals surface area contributed by atoms with Crippen molar-refractivity contribution in [2.75, 3.05) is 5.73 Å². The molecular formula is C14H18ClN3O. The van der Waals surface area contributed by atoms with E-state index in [4.69, 9.17) is 22.1 Å². The van der Waals surface area contributed by atoms with Gasteiger partial charge in [0.25, 0.3) is 0 Å². The summed E-state index contributed by atoms with van der Waals surface area (Å²) in [6, 6.07) is 7.35. The molecule has 0 aliphatic rings. The van der Waals surface area contributed by atoms with Gasteiger partial charge in [-0.05, 0) is 25.5 Å². The maximum atomic E-state index is 6.32. The largest absolute Gasteiger partial charge is 0.487 e. The molecule has 0 unspecified atom stereocenters. The number of halogens is 1. The summed E-state index contributed by atoms with van der Waals surface area (Å²) in [6.45, 7) is 5.24. The number of nitrogen functional groups attached to an aromatic ring is 1.